The van der Waals surface area contributed by atoms with E-state index in [1.165, 1.54) is 6.92 Å². The van der Waals surface area contributed by atoms with E-state index < -0.39 is 12.5 Å². The van der Waals surface area contributed by atoms with Gasteiger partial charge in [0.1, 0.15) is 0 Å². The van der Waals surface area contributed by atoms with Crippen molar-refractivity contribution in [1.82, 2.24) is 5.32 Å². The van der Waals surface area contributed by atoms with Crippen LogP contribution in [0.15, 0.2) is 0 Å². The standard InChI is InChI=1S/C8H15F2N/c1-5-3-7(4-5)11-6(2)8(9)10/h5-8,11H,3-4H2,1-2H3. The van der Waals surface area contributed by atoms with Gasteiger partial charge in [-0.3, -0.25) is 0 Å². The van der Waals surface area contributed by atoms with Crippen LogP contribution in [0.2, 0.25) is 0 Å². The van der Waals surface area contributed by atoms with E-state index in [1.807, 2.05) is 0 Å². The van der Waals surface area contributed by atoms with Crippen molar-refractivity contribution in [3.8, 4) is 0 Å². The molecule has 0 bridgehead atoms. The molecule has 1 nitrogen and oxygen atoms in total. The Morgan fingerprint density at radius 3 is 2.27 bits per heavy atom. The molecule has 1 saturated carbocycles. The summed E-state index contributed by atoms with van der Waals surface area (Å²) in [6, 6.07) is -0.304. The van der Waals surface area contributed by atoms with Crippen LogP contribution in [-0.2, 0) is 0 Å². The average Bonchev–Trinajstić information content (AvgIpc) is 1.84. The van der Waals surface area contributed by atoms with E-state index in [-0.39, 0.29) is 0 Å². The molecule has 11 heavy (non-hydrogen) atoms. The van der Waals surface area contributed by atoms with Crippen LogP contribution in [-0.4, -0.2) is 18.5 Å². The monoisotopic (exact) mass is 163 g/mol. The largest absolute Gasteiger partial charge is 0.306 e. The predicted octanol–water partition coefficient (Wildman–Crippen LogP) is 2.03. The molecule has 3 heteroatoms. The van der Waals surface area contributed by atoms with Crippen LogP contribution in [0.3, 0.4) is 0 Å². The topological polar surface area (TPSA) is 12.0 Å². The van der Waals surface area contributed by atoms with Crippen molar-refractivity contribution in [3.05, 3.63) is 0 Å². The van der Waals surface area contributed by atoms with Gasteiger partial charge in [-0.2, -0.15) is 0 Å². The zero-order valence-electron chi connectivity index (χ0n) is 6.98. The van der Waals surface area contributed by atoms with Crippen molar-refractivity contribution < 1.29 is 8.78 Å². The molecule has 0 radical (unpaired) electrons. The van der Waals surface area contributed by atoms with Gasteiger partial charge in [-0.15, -0.1) is 0 Å². The quantitative estimate of drug-likeness (QED) is 0.671. The Morgan fingerprint density at radius 1 is 1.36 bits per heavy atom. The van der Waals surface area contributed by atoms with Gasteiger partial charge in [-0.05, 0) is 25.7 Å². The zero-order chi connectivity index (χ0) is 8.43. The molecule has 0 heterocycles. The van der Waals surface area contributed by atoms with Gasteiger partial charge < -0.3 is 5.32 Å². The average molecular weight is 163 g/mol. The van der Waals surface area contributed by atoms with Crippen molar-refractivity contribution in [3.63, 3.8) is 0 Å². The molecule has 1 rings (SSSR count). The van der Waals surface area contributed by atoms with E-state index in [0.29, 0.717) is 6.04 Å². The molecule has 0 aromatic heterocycles. The van der Waals surface area contributed by atoms with Crippen LogP contribution in [0.5, 0.6) is 0 Å². The van der Waals surface area contributed by atoms with Crippen LogP contribution < -0.4 is 5.32 Å². The normalized spacial score (nSPS) is 33.5. The van der Waals surface area contributed by atoms with E-state index in [9.17, 15) is 8.78 Å². The molecule has 0 saturated heterocycles. The predicted molar refractivity (Wildman–Crippen MR) is 40.8 cm³/mol. The van der Waals surface area contributed by atoms with Gasteiger partial charge in [0.25, 0.3) is 6.43 Å². The lowest BCUT2D eigenvalue weighted by Gasteiger charge is -2.35. The molecule has 66 valence electrons. The maximum atomic E-state index is 12.0. The summed E-state index contributed by atoms with van der Waals surface area (Å²) in [6.45, 7) is 3.68. The Labute approximate surface area is 66.2 Å². The molecule has 0 amide bonds. The lowest BCUT2D eigenvalue weighted by molar-refractivity contribution is 0.0848. The molecule has 0 aliphatic heterocycles. The second-order valence-electron chi connectivity index (χ2n) is 3.56. The van der Waals surface area contributed by atoms with Gasteiger partial charge in [0.2, 0.25) is 0 Å². The number of alkyl halides is 2. The summed E-state index contributed by atoms with van der Waals surface area (Å²) in [5.74, 6) is 0.720. The molecule has 0 spiro atoms. The molecule has 1 fully saturated rings. The maximum Gasteiger partial charge on any atom is 0.253 e. The second kappa shape index (κ2) is 3.48. The number of halogens is 2. The Morgan fingerprint density at radius 2 is 1.91 bits per heavy atom. The number of rotatable bonds is 3. The van der Waals surface area contributed by atoms with Crippen LogP contribution in [0.4, 0.5) is 8.78 Å². The molecular formula is C8H15F2N. The van der Waals surface area contributed by atoms with Crippen molar-refractivity contribution in [2.75, 3.05) is 0 Å². The van der Waals surface area contributed by atoms with Gasteiger partial charge in [0.15, 0.2) is 0 Å². The molecule has 1 aliphatic rings. The van der Waals surface area contributed by atoms with E-state index in [0.717, 1.165) is 18.8 Å². The van der Waals surface area contributed by atoms with Crippen LogP contribution in [0.25, 0.3) is 0 Å². The first-order valence-corrected chi connectivity index (χ1v) is 4.13. The molecule has 1 N–H and O–H groups in total. The van der Waals surface area contributed by atoms with Gasteiger partial charge in [0.05, 0.1) is 6.04 Å². The van der Waals surface area contributed by atoms with Crippen LogP contribution in [0.1, 0.15) is 26.7 Å². The Kier molecular flexibility index (Phi) is 2.82. The fraction of sp³-hybridized carbons (Fsp3) is 1.00. The minimum atomic E-state index is -2.23. The van der Waals surface area contributed by atoms with Gasteiger partial charge >= 0.3 is 0 Å². The van der Waals surface area contributed by atoms with Crippen molar-refractivity contribution in [2.45, 2.75) is 45.2 Å². The SMILES string of the molecule is CC1CC(NC(C)C(F)F)C1. The summed E-state index contributed by atoms with van der Waals surface area (Å²) in [7, 11) is 0. The maximum absolute atomic E-state index is 12.0. The first-order chi connectivity index (χ1) is 5.09. The highest BCUT2D eigenvalue weighted by atomic mass is 19.3. The number of hydrogen-bond acceptors (Lipinski definition) is 1. The lowest BCUT2D eigenvalue weighted by Crippen LogP contribution is -2.47. The molecule has 1 unspecified atom stereocenters. The molecule has 0 aromatic rings. The van der Waals surface area contributed by atoms with E-state index in [2.05, 4.69) is 12.2 Å². The summed E-state index contributed by atoms with van der Waals surface area (Å²) in [6.07, 6.45) is -0.125. The van der Waals surface area contributed by atoms with Crippen molar-refractivity contribution in [2.24, 2.45) is 5.92 Å². The fourth-order valence-electron chi connectivity index (χ4n) is 1.48. The number of nitrogens with one attached hydrogen (secondary N) is 1. The summed E-state index contributed by atoms with van der Waals surface area (Å²) < 4.78 is 24.0. The Hall–Kier alpha value is -0.180. The zero-order valence-corrected chi connectivity index (χ0v) is 6.98. The summed E-state index contributed by atoms with van der Waals surface area (Å²) in [5.41, 5.74) is 0. The number of hydrogen-bond donors (Lipinski definition) is 1. The first-order valence-electron chi connectivity index (χ1n) is 4.13. The summed E-state index contributed by atoms with van der Waals surface area (Å²) in [5, 5.41) is 2.90. The molecule has 1 atom stereocenters. The van der Waals surface area contributed by atoms with Crippen molar-refractivity contribution in [1.29, 1.82) is 0 Å². The van der Waals surface area contributed by atoms with Gasteiger partial charge in [0, 0.05) is 6.04 Å². The third kappa shape index (κ3) is 2.40. The third-order valence-corrected chi connectivity index (χ3v) is 2.25. The molecular weight excluding hydrogens is 148 g/mol. The van der Waals surface area contributed by atoms with E-state index >= 15 is 0 Å². The minimum absolute atomic E-state index is 0.342. The first kappa shape index (κ1) is 8.91. The molecule has 1 aliphatic carbocycles. The third-order valence-electron chi connectivity index (χ3n) is 2.25. The highest BCUT2D eigenvalue weighted by molar-refractivity contribution is 4.84. The van der Waals surface area contributed by atoms with E-state index in [1.54, 1.807) is 0 Å². The highest BCUT2D eigenvalue weighted by Gasteiger charge is 2.28. The molecule has 0 aromatic carbocycles. The summed E-state index contributed by atoms with van der Waals surface area (Å²) in [4.78, 5) is 0. The van der Waals surface area contributed by atoms with Gasteiger partial charge in [-0.25, -0.2) is 8.78 Å². The van der Waals surface area contributed by atoms with Crippen LogP contribution in [0, 0.1) is 5.92 Å². The minimum Gasteiger partial charge on any atom is -0.306 e. The second-order valence-corrected chi connectivity index (χ2v) is 3.56. The van der Waals surface area contributed by atoms with Crippen LogP contribution >= 0.6 is 0 Å². The van der Waals surface area contributed by atoms with E-state index in [4.69, 9.17) is 0 Å². The summed E-state index contributed by atoms with van der Waals surface area (Å²) >= 11 is 0. The van der Waals surface area contributed by atoms with Crippen molar-refractivity contribution >= 4 is 0 Å². The smallest absolute Gasteiger partial charge is 0.253 e. The Bertz CT molecular complexity index is 121. The fourth-order valence-corrected chi connectivity index (χ4v) is 1.48. The highest BCUT2D eigenvalue weighted by Crippen LogP contribution is 2.26. The van der Waals surface area contributed by atoms with Gasteiger partial charge in [-0.1, -0.05) is 6.92 Å². The Balaban J connectivity index is 2.11. The lowest BCUT2D eigenvalue weighted by atomic mass is 9.81.